The average Bonchev–Trinajstić information content (AvgIpc) is 2.42. The lowest BCUT2D eigenvalue weighted by molar-refractivity contribution is -0.137. The van der Waals surface area contributed by atoms with E-state index < -0.39 is 17.5 Å². The van der Waals surface area contributed by atoms with Crippen molar-refractivity contribution in [3.05, 3.63) is 68.7 Å². The third-order valence-corrected chi connectivity index (χ3v) is 4.43. The van der Waals surface area contributed by atoms with Crippen molar-refractivity contribution in [1.29, 1.82) is 0 Å². The van der Waals surface area contributed by atoms with E-state index in [9.17, 15) is 18.0 Å². The second kappa shape index (κ2) is 5.64. The fourth-order valence-electron chi connectivity index (χ4n) is 2.16. The van der Waals surface area contributed by atoms with Crippen LogP contribution in [0.1, 0.15) is 32.6 Å². The smallest absolute Gasteiger partial charge is 0.289 e. The molecule has 1 nitrogen and oxygen atoms in total. The summed E-state index contributed by atoms with van der Waals surface area (Å²) >= 11 is 3.37. The van der Waals surface area contributed by atoms with Gasteiger partial charge in [0.15, 0.2) is 5.78 Å². The number of hydrogen-bond acceptors (Lipinski definition) is 1. The first-order chi connectivity index (χ1) is 9.71. The van der Waals surface area contributed by atoms with E-state index >= 15 is 0 Å². The normalized spacial score (nSPS) is 11.5. The molecule has 5 heteroatoms. The first-order valence-electron chi connectivity index (χ1n) is 6.19. The Hall–Kier alpha value is -1.62. The number of halogens is 4. The van der Waals surface area contributed by atoms with Crippen molar-refractivity contribution in [3.8, 4) is 0 Å². The van der Waals surface area contributed by atoms with Crippen LogP contribution in [-0.4, -0.2) is 5.78 Å². The predicted molar refractivity (Wildman–Crippen MR) is 78.5 cm³/mol. The number of hydrogen-bond donors (Lipinski definition) is 0. The van der Waals surface area contributed by atoms with Crippen LogP contribution < -0.4 is 0 Å². The highest BCUT2D eigenvalue weighted by molar-refractivity contribution is 9.10. The molecule has 0 atom stereocenters. The molecule has 0 spiro atoms. The van der Waals surface area contributed by atoms with Crippen LogP contribution in [0, 0.1) is 13.8 Å². The maximum absolute atomic E-state index is 13.0. The summed E-state index contributed by atoms with van der Waals surface area (Å²) in [6, 6.07) is 8.02. The van der Waals surface area contributed by atoms with E-state index in [2.05, 4.69) is 15.9 Å². The first kappa shape index (κ1) is 15.8. The van der Waals surface area contributed by atoms with Crippen molar-refractivity contribution in [2.45, 2.75) is 20.0 Å². The van der Waals surface area contributed by atoms with Crippen LogP contribution in [0.25, 0.3) is 0 Å². The zero-order valence-corrected chi connectivity index (χ0v) is 13.0. The number of alkyl halides is 3. The average molecular weight is 357 g/mol. The largest absolute Gasteiger partial charge is 0.417 e. The van der Waals surface area contributed by atoms with E-state index in [0.29, 0.717) is 0 Å². The van der Waals surface area contributed by atoms with Gasteiger partial charge in [0.2, 0.25) is 0 Å². The molecule has 21 heavy (non-hydrogen) atoms. The molecule has 0 heterocycles. The fraction of sp³-hybridized carbons (Fsp3) is 0.188. The van der Waals surface area contributed by atoms with Gasteiger partial charge in [0.05, 0.1) is 5.56 Å². The zero-order valence-electron chi connectivity index (χ0n) is 11.4. The molecule has 0 N–H and O–H groups in total. The minimum absolute atomic E-state index is 0.255. The number of carbonyl (C=O) groups is 1. The van der Waals surface area contributed by atoms with Gasteiger partial charge in [-0.3, -0.25) is 4.79 Å². The molecule has 0 aromatic heterocycles. The Labute approximate surface area is 128 Å². The molecule has 2 rings (SSSR count). The Balaban J connectivity index is 2.56. The second-order valence-electron chi connectivity index (χ2n) is 4.80. The minimum atomic E-state index is -4.55. The zero-order chi connectivity index (χ0) is 15.8. The summed E-state index contributed by atoms with van der Waals surface area (Å²) < 4.78 is 39.8. The van der Waals surface area contributed by atoms with Gasteiger partial charge in [-0.25, -0.2) is 0 Å². The highest BCUT2D eigenvalue weighted by Gasteiger charge is 2.35. The van der Waals surface area contributed by atoms with Crippen LogP contribution in [0.4, 0.5) is 13.2 Å². The van der Waals surface area contributed by atoms with Gasteiger partial charge in [-0.1, -0.05) is 34.1 Å². The molecule has 0 aliphatic heterocycles. The van der Waals surface area contributed by atoms with Crippen LogP contribution in [-0.2, 0) is 6.18 Å². The van der Waals surface area contributed by atoms with Crippen molar-refractivity contribution in [2.24, 2.45) is 0 Å². The van der Waals surface area contributed by atoms with Crippen LogP contribution in [0.5, 0.6) is 0 Å². The summed E-state index contributed by atoms with van der Waals surface area (Å²) in [6.07, 6.45) is -4.55. The maximum atomic E-state index is 13.0. The molecule has 0 amide bonds. The Morgan fingerprint density at radius 1 is 1.05 bits per heavy atom. The Bertz CT molecular complexity index is 682. The predicted octanol–water partition coefficient (Wildman–Crippen LogP) is 5.32. The lowest BCUT2D eigenvalue weighted by Gasteiger charge is -2.13. The Morgan fingerprint density at radius 2 is 1.57 bits per heavy atom. The molecule has 0 fully saturated rings. The molecule has 0 radical (unpaired) electrons. The number of aryl methyl sites for hydroxylation is 2. The van der Waals surface area contributed by atoms with E-state index in [1.54, 1.807) is 26.0 Å². The quantitative estimate of drug-likeness (QED) is 0.666. The molecule has 0 bridgehead atoms. The number of benzene rings is 2. The van der Waals surface area contributed by atoms with Gasteiger partial charge in [0.1, 0.15) is 0 Å². The van der Waals surface area contributed by atoms with Gasteiger partial charge >= 0.3 is 6.18 Å². The van der Waals surface area contributed by atoms with Crippen molar-refractivity contribution in [3.63, 3.8) is 0 Å². The minimum Gasteiger partial charge on any atom is -0.289 e. The molecule has 110 valence electrons. The molecule has 2 aromatic carbocycles. The summed E-state index contributed by atoms with van der Waals surface area (Å²) in [5.41, 5.74) is 0.634. The van der Waals surface area contributed by atoms with Crippen LogP contribution >= 0.6 is 15.9 Å². The lowest BCUT2D eigenvalue weighted by atomic mass is 9.96. The Morgan fingerprint density at radius 3 is 2.10 bits per heavy atom. The lowest BCUT2D eigenvalue weighted by Crippen LogP contribution is -2.14. The van der Waals surface area contributed by atoms with Crippen LogP contribution in [0.3, 0.4) is 0 Å². The second-order valence-corrected chi connectivity index (χ2v) is 5.59. The summed E-state index contributed by atoms with van der Waals surface area (Å²) in [4.78, 5) is 12.4. The van der Waals surface area contributed by atoms with Crippen molar-refractivity contribution < 1.29 is 18.0 Å². The van der Waals surface area contributed by atoms with E-state index in [4.69, 9.17) is 0 Å². The summed E-state index contributed by atoms with van der Waals surface area (Å²) in [6.45, 7) is 3.59. The third-order valence-electron chi connectivity index (χ3n) is 3.18. The van der Waals surface area contributed by atoms with Crippen molar-refractivity contribution >= 4 is 21.7 Å². The highest BCUT2D eigenvalue weighted by Crippen LogP contribution is 2.33. The number of ketones is 1. The molecular formula is C16H12BrF3O. The molecule has 0 saturated carbocycles. The summed E-state index contributed by atoms with van der Waals surface area (Å²) in [7, 11) is 0. The molecule has 0 aliphatic carbocycles. The van der Waals surface area contributed by atoms with E-state index in [0.717, 1.165) is 21.7 Å². The van der Waals surface area contributed by atoms with Crippen molar-refractivity contribution in [1.82, 2.24) is 0 Å². The first-order valence-corrected chi connectivity index (χ1v) is 6.99. The van der Waals surface area contributed by atoms with Crippen LogP contribution in [0.2, 0.25) is 0 Å². The summed E-state index contributed by atoms with van der Waals surface area (Å²) in [5.74, 6) is -0.623. The number of rotatable bonds is 2. The van der Waals surface area contributed by atoms with Gasteiger partial charge in [0, 0.05) is 15.6 Å². The monoisotopic (exact) mass is 356 g/mol. The maximum Gasteiger partial charge on any atom is 0.417 e. The molecule has 0 aliphatic rings. The molecular weight excluding hydrogens is 345 g/mol. The SMILES string of the molecule is Cc1cc(C(=O)c2ccccc2C(F)(F)F)cc(C)c1Br. The molecule has 2 aromatic rings. The van der Waals surface area contributed by atoms with Gasteiger partial charge in [-0.15, -0.1) is 0 Å². The van der Waals surface area contributed by atoms with E-state index in [-0.39, 0.29) is 11.1 Å². The van der Waals surface area contributed by atoms with Crippen molar-refractivity contribution in [2.75, 3.05) is 0 Å². The Kier molecular flexibility index (Phi) is 4.23. The van der Waals surface area contributed by atoms with Gasteiger partial charge in [0.25, 0.3) is 0 Å². The topological polar surface area (TPSA) is 17.1 Å². The van der Waals surface area contributed by atoms with Gasteiger partial charge in [-0.2, -0.15) is 13.2 Å². The standard InChI is InChI=1S/C16H12BrF3O/c1-9-7-11(8-10(2)14(9)17)15(21)12-5-3-4-6-13(12)16(18,19)20/h3-8H,1-2H3. The third kappa shape index (κ3) is 3.18. The molecule has 0 saturated heterocycles. The van der Waals surface area contributed by atoms with E-state index in [1.807, 2.05) is 0 Å². The van der Waals surface area contributed by atoms with Gasteiger partial charge < -0.3 is 0 Å². The highest BCUT2D eigenvalue weighted by atomic mass is 79.9. The summed E-state index contributed by atoms with van der Waals surface area (Å²) in [5, 5.41) is 0. The van der Waals surface area contributed by atoms with Crippen LogP contribution in [0.15, 0.2) is 40.9 Å². The molecule has 0 unspecified atom stereocenters. The number of carbonyl (C=O) groups excluding carboxylic acids is 1. The van der Waals surface area contributed by atoms with E-state index in [1.165, 1.54) is 18.2 Å². The fourth-order valence-corrected chi connectivity index (χ4v) is 2.39. The van der Waals surface area contributed by atoms with Gasteiger partial charge in [-0.05, 0) is 43.2 Å².